The Hall–Kier alpha value is -1.68. The molecule has 0 atom stereocenters. The number of hydrogen-bond donors (Lipinski definition) is 0. The first-order valence-electron chi connectivity index (χ1n) is 12.1. The van der Waals surface area contributed by atoms with E-state index in [1.807, 2.05) is 0 Å². The lowest BCUT2D eigenvalue weighted by Crippen LogP contribution is -2.34. The van der Waals surface area contributed by atoms with Crippen molar-refractivity contribution in [1.82, 2.24) is 0 Å². The van der Waals surface area contributed by atoms with Crippen molar-refractivity contribution < 1.29 is 9.31 Å². The summed E-state index contributed by atoms with van der Waals surface area (Å²) in [6.07, 6.45) is 16.1. The van der Waals surface area contributed by atoms with E-state index >= 15 is 0 Å². The summed E-state index contributed by atoms with van der Waals surface area (Å²) in [6, 6.07) is 13.7. The summed E-state index contributed by atoms with van der Waals surface area (Å²) in [5.74, 6) is 0. The fourth-order valence-electron chi connectivity index (χ4n) is 5.40. The third-order valence-corrected chi connectivity index (χ3v) is 7.49. The molecule has 2 aliphatic rings. The van der Waals surface area contributed by atoms with Crippen LogP contribution in [0.1, 0.15) is 89.2 Å². The Morgan fingerprint density at radius 3 is 1.94 bits per heavy atom. The van der Waals surface area contributed by atoms with Crippen LogP contribution in [0.3, 0.4) is 0 Å². The minimum atomic E-state index is -0.321. The van der Waals surface area contributed by atoms with Crippen molar-refractivity contribution in [2.24, 2.45) is 0 Å². The second-order valence-corrected chi connectivity index (χ2v) is 9.99. The van der Waals surface area contributed by atoms with Crippen LogP contribution in [-0.2, 0) is 14.7 Å². The minimum Gasteiger partial charge on any atom is -0.525 e. The maximum atomic E-state index is 5.68. The van der Waals surface area contributed by atoms with Crippen molar-refractivity contribution in [2.75, 3.05) is 0 Å². The first-order valence-corrected chi connectivity index (χ1v) is 12.9. The molecule has 0 fully saturated rings. The van der Waals surface area contributed by atoms with Crippen molar-refractivity contribution in [3.8, 4) is 11.1 Å². The van der Waals surface area contributed by atoms with Crippen LogP contribution in [-0.4, -0.2) is 7.12 Å². The Morgan fingerprint density at radius 2 is 1.32 bits per heavy atom. The zero-order valence-electron chi connectivity index (χ0n) is 19.0. The summed E-state index contributed by atoms with van der Waals surface area (Å²) >= 11 is 3.77. The monoisotopic (exact) mass is 480 g/mol. The topological polar surface area (TPSA) is 18.5 Å². The summed E-state index contributed by atoms with van der Waals surface area (Å²) in [6.45, 7) is 4.58. The van der Waals surface area contributed by atoms with Gasteiger partial charge in [0.15, 0.2) is 0 Å². The second-order valence-electron chi connectivity index (χ2n) is 9.07. The summed E-state index contributed by atoms with van der Waals surface area (Å²) in [5, 5.41) is 0. The Bertz CT molecular complexity index is 903. The number of rotatable bonds is 11. The molecular weight excluding hydrogens is 447 g/mol. The first-order chi connectivity index (χ1) is 15.2. The highest BCUT2D eigenvalue weighted by Crippen LogP contribution is 2.54. The predicted molar refractivity (Wildman–Crippen MR) is 135 cm³/mol. The van der Waals surface area contributed by atoms with E-state index in [9.17, 15) is 0 Å². The average Bonchev–Trinajstić information content (AvgIpc) is 3.40. The Kier molecular flexibility index (Phi) is 7.48. The largest absolute Gasteiger partial charge is 0.632 e. The normalized spacial score (nSPS) is 15.5. The van der Waals surface area contributed by atoms with Crippen LogP contribution < -0.4 is 5.46 Å². The molecule has 4 heteroatoms. The second kappa shape index (κ2) is 10.3. The predicted octanol–water partition coefficient (Wildman–Crippen LogP) is 7.87. The quantitative estimate of drug-likeness (QED) is 0.240. The van der Waals surface area contributed by atoms with E-state index in [1.54, 1.807) is 12.5 Å². The molecule has 0 amide bonds. The van der Waals surface area contributed by atoms with Crippen molar-refractivity contribution in [2.45, 2.75) is 83.5 Å². The molecule has 0 radical (unpaired) electrons. The van der Waals surface area contributed by atoms with Crippen LogP contribution in [0.25, 0.3) is 11.1 Å². The van der Waals surface area contributed by atoms with Gasteiger partial charge in [-0.1, -0.05) is 105 Å². The van der Waals surface area contributed by atoms with Gasteiger partial charge in [0.1, 0.15) is 0 Å². The number of hydrogen-bond acceptors (Lipinski definition) is 2. The lowest BCUT2D eigenvalue weighted by Gasteiger charge is -2.33. The third kappa shape index (κ3) is 4.60. The van der Waals surface area contributed by atoms with Gasteiger partial charge in [0.2, 0.25) is 0 Å². The highest BCUT2D eigenvalue weighted by atomic mass is 79.9. The van der Waals surface area contributed by atoms with E-state index in [4.69, 9.17) is 9.31 Å². The van der Waals surface area contributed by atoms with E-state index in [0.29, 0.717) is 0 Å². The van der Waals surface area contributed by atoms with Gasteiger partial charge in [0.05, 0.1) is 12.5 Å². The highest BCUT2D eigenvalue weighted by molar-refractivity contribution is 9.10. The van der Waals surface area contributed by atoms with Crippen LogP contribution >= 0.6 is 15.9 Å². The van der Waals surface area contributed by atoms with Crippen LogP contribution in [0.15, 0.2) is 53.4 Å². The number of fused-ring (bicyclic) bond motifs is 3. The molecule has 31 heavy (non-hydrogen) atoms. The van der Waals surface area contributed by atoms with E-state index in [2.05, 4.69) is 66.2 Å². The van der Waals surface area contributed by atoms with Gasteiger partial charge < -0.3 is 9.31 Å². The molecule has 164 valence electrons. The zero-order chi connectivity index (χ0) is 21.7. The van der Waals surface area contributed by atoms with Gasteiger partial charge in [0.25, 0.3) is 0 Å². The van der Waals surface area contributed by atoms with Gasteiger partial charge in [-0.25, -0.2) is 0 Å². The Labute approximate surface area is 196 Å². The summed E-state index contributed by atoms with van der Waals surface area (Å²) in [4.78, 5) is 0. The summed E-state index contributed by atoms with van der Waals surface area (Å²) in [5.41, 5.74) is 6.98. The fraction of sp³-hybridized carbons (Fsp3) is 0.481. The Morgan fingerprint density at radius 1 is 0.742 bits per heavy atom. The average molecular weight is 481 g/mol. The third-order valence-electron chi connectivity index (χ3n) is 6.99. The molecule has 0 spiro atoms. The first kappa shape index (κ1) is 22.5. The molecule has 1 heterocycles. The molecule has 2 aromatic carbocycles. The Balaban J connectivity index is 1.76. The molecule has 0 aromatic heterocycles. The smallest absolute Gasteiger partial charge is 0.525 e. The SMILES string of the molecule is CCCCCCC1(CCCCCC)c2cc(Br)ccc2-c2ccc(B3OC=CO3)cc21. The van der Waals surface area contributed by atoms with Crippen LogP contribution in [0, 0.1) is 0 Å². The van der Waals surface area contributed by atoms with E-state index in [0.717, 1.165) is 5.46 Å². The molecule has 0 bridgehead atoms. The molecule has 0 N–H and O–H groups in total. The molecule has 0 saturated carbocycles. The van der Waals surface area contributed by atoms with Crippen LogP contribution in [0.2, 0.25) is 0 Å². The van der Waals surface area contributed by atoms with Gasteiger partial charge in [-0.15, -0.1) is 0 Å². The fourth-order valence-corrected chi connectivity index (χ4v) is 5.76. The number of unbranched alkanes of at least 4 members (excludes halogenated alkanes) is 6. The lowest BCUT2D eigenvalue weighted by atomic mass is 9.68. The maximum absolute atomic E-state index is 5.68. The number of benzene rings is 2. The standard InChI is InChI=1S/C27H34BBrO2/c1-3-5-7-9-15-27(16-10-8-6-4-2)25-19-21(28-30-17-18-31-28)11-13-23(25)24-14-12-22(29)20-26(24)27/h11-14,17-20H,3-10,15-16H2,1-2H3. The van der Waals surface area contributed by atoms with Crippen molar-refractivity contribution >= 4 is 28.5 Å². The van der Waals surface area contributed by atoms with Gasteiger partial charge in [-0.3, -0.25) is 0 Å². The molecule has 2 aromatic rings. The van der Waals surface area contributed by atoms with E-state index in [-0.39, 0.29) is 12.5 Å². The van der Waals surface area contributed by atoms with Crippen LogP contribution in [0.4, 0.5) is 0 Å². The molecule has 0 saturated heterocycles. The molecule has 0 unspecified atom stereocenters. The number of halogens is 1. The lowest BCUT2D eigenvalue weighted by molar-refractivity contribution is 0.400. The van der Waals surface area contributed by atoms with Crippen molar-refractivity contribution in [3.05, 3.63) is 64.5 Å². The van der Waals surface area contributed by atoms with Gasteiger partial charge in [0, 0.05) is 15.4 Å². The summed E-state index contributed by atoms with van der Waals surface area (Å²) in [7, 11) is -0.321. The van der Waals surface area contributed by atoms with E-state index in [1.165, 1.54) is 90.9 Å². The van der Waals surface area contributed by atoms with E-state index < -0.39 is 0 Å². The molecule has 1 aliphatic carbocycles. The van der Waals surface area contributed by atoms with Crippen LogP contribution in [0.5, 0.6) is 0 Å². The zero-order valence-corrected chi connectivity index (χ0v) is 20.5. The molecule has 2 nitrogen and oxygen atoms in total. The van der Waals surface area contributed by atoms with Gasteiger partial charge in [-0.2, -0.15) is 0 Å². The van der Waals surface area contributed by atoms with Crippen molar-refractivity contribution in [1.29, 1.82) is 0 Å². The maximum Gasteiger partial charge on any atom is 0.632 e. The summed E-state index contributed by atoms with van der Waals surface area (Å²) < 4.78 is 12.5. The van der Waals surface area contributed by atoms with Gasteiger partial charge >= 0.3 is 7.12 Å². The molecule has 4 rings (SSSR count). The highest BCUT2D eigenvalue weighted by Gasteiger charge is 2.43. The minimum absolute atomic E-state index is 0.0813. The molecule has 1 aliphatic heterocycles. The van der Waals surface area contributed by atoms with Gasteiger partial charge in [-0.05, 0) is 47.2 Å². The van der Waals surface area contributed by atoms with Crippen molar-refractivity contribution in [3.63, 3.8) is 0 Å². The molecular formula is C27H34BBrO2.